The summed E-state index contributed by atoms with van der Waals surface area (Å²) in [6, 6.07) is 6.09. The van der Waals surface area contributed by atoms with Crippen LogP contribution in [0.25, 0.3) is 0 Å². The number of nitrogens with one attached hydrogen (secondary N) is 1. The zero-order chi connectivity index (χ0) is 13.2. The molecule has 0 aromatic heterocycles. The van der Waals surface area contributed by atoms with Gasteiger partial charge in [0.25, 0.3) is 0 Å². The Labute approximate surface area is 117 Å². The highest BCUT2D eigenvalue weighted by molar-refractivity contribution is 5.85. The molecule has 0 aliphatic carbocycles. The Morgan fingerprint density at radius 1 is 1.32 bits per heavy atom. The summed E-state index contributed by atoms with van der Waals surface area (Å²) in [5.74, 6) is 0. The average Bonchev–Trinajstić information content (AvgIpc) is 2.31. The predicted octanol–water partition coefficient (Wildman–Crippen LogP) is 2.92. The van der Waals surface area contributed by atoms with Crippen molar-refractivity contribution >= 4 is 12.4 Å². The van der Waals surface area contributed by atoms with Gasteiger partial charge >= 0.3 is 6.18 Å². The molecule has 2 rings (SSSR count). The van der Waals surface area contributed by atoms with Crippen LogP contribution in [0.5, 0.6) is 0 Å². The maximum absolute atomic E-state index is 12.9. The van der Waals surface area contributed by atoms with Gasteiger partial charge in [0.05, 0.1) is 5.56 Å². The maximum atomic E-state index is 12.9. The molecule has 6 heteroatoms. The lowest BCUT2D eigenvalue weighted by atomic mass is 10.1. The van der Waals surface area contributed by atoms with Crippen LogP contribution < -0.4 is 5.32 Å². The van der Waals surface area contributed by atoms with E-state index >= 15 is 0 Å². The SMILES string of the molecule is CC1CNCCN1Cc1ccccc1C(F)(F)F.Cl. The minimum Gasteiger partial charge on any atom is -0.314 e. The van der Waals surface area contributed by atoms with Gasteiger partial charge in [-0.05, 0) is 18.6 Å². The number of piperazine rings is 1. The van der Waals surface area contributed by atoms with Crippen LogP contribution in [0.1, 0.15) is 18.1 Å². The van der Waals surface area contributed by atoms with E-state index in [9.17, 15) is 13.2 Å². The number of nitrogens with zero attached hydrogens (tertiary/aromatic N) is 1. The number of benzene rings is 1. The fraction of sp³-hybridized carbons (Fsp3) is 0.538. The first-order valence-electron chi connectivity index (χ1n) is 6.08. The fourth-order valence-electron chi connectivity index (χ4n) is 2.27. The normalized spacial score (nSPS) is 20.9. The molecule has 1 unspecified atom stereocenters. The van der Waals surface area contributed by atoms with Crippen LogP contribution in [0, 0.1) is 0 Å². The molecule has 108 valence electrons. The molecule has 1 N–H and O–H groups in total. The third-order valence-corrected chi connectivity index (χ3v) is 3.34. The van der Waals surface area contributed by atoms with Gasteiger partial charge in [0.1, 0.15) is 0 Å². The number of hydrogen-bond acceptors (Lipinski definition) is 2. The van der Waals surface area contributed by atoms with E-state index in [4.69, 9.17) is 0 Å². The van der Waals surface area contributed by atoms with Crippen LogP contribution in [-0.2, 0) is 12.7 Å². The molecular formula is C13H18ClF3N2. The lowest BCUT2D eigenvalue weighted by molar-refractivity contribution is -0.138. The van der Waals surface area contributed by atoms with Crippen molar-refractivity contribution in [1.29, 1.82) is 0 Å². The van der Waals surface area contributed by atoms with Gasteiger partial charge in [-0.2, -0.15) is 13.2 Å². The molecule has 1 saturated heterocycles. The summed E-state index contributed by atoms with van der Waals surface area (Å²) in [6.45, 7) is 4.83. The lowest BCUT2D eigenvalue weighted by Gasteiger charge is -2.34. The summed E-state index contributed by atoms with van der Waals surface area (Å²) in [7, 11) is 0. The molecule has 1 atom stereocenters. The van der Waals surface area contributed by atoms with Crippen molar-refractivity contribution in [1.82, 2.24) is 10.2 Å². The van der Waals surface area contributed by atoms with E-state index in [-0.39, 0.29) is 18.4 Å². The molecule has 0 saturated carbocycles. The molecule has 1 fully saturated rings. The van der Waals surface area contributed by atoms with Crippen molar-refractivity contribution in [2.45, 2.75) is 25.7 Å². The number of hydrogen-bond donors (Lipinski definition) is 1. The van der Waals surface area contributed by atoms with Crippen LogP contribution >= 0.6 is 12.4 Å². The monoisotopic (exact) mass is 294 g/mol. The van der Waals surface area contributed by atoms with Gasteiger partial charge in [0.15, 0.2) is 0 Å². The van der Waals surface area contributed by atoms with Crippen LogP contribution in [-0.4, -0.2) is 30.6 Å². The van der Waals surface area contributed by atoms with Crippen molar-refractivity contribution in [3.8, 4) is 0 Å². The van der Waals surface area contributed by atoms with E-state index in [1.807, 2.05) is 6.92 Å². The highest BCUT2D eigenvalue weighted by atomic mass is 35.5. The zero-order valence-corrected chi connectivity index (χ0v) is 11.5. The van der Waals surface area contributed by atoms with Crippen LogP contribution in [0.3, 0.4) is 0 Å². The van der Waals surface area contributed by atoms with E-state index in [1.165, 1.54) is 6.07 Å². The highest BCUT2D eigenvalue weighted by Crippen LogP contribution is 2.32. The fourth-order valence-corrected chi connectivity index (χ4v) is 2.27. The number of rotatable bonds is 2. The van der Waals surface area contributed by atoms with Crippen LogP contribution in [0.4, 0.5) is 13.2 Å². The Balaban J connectivity index is 0.00000180. The summed E-state index contributed by atoms with van der Waals surface area (Å²) >= 11 is 0. The Morgan fingerprint density at radius 2 is 2.00 bits per heavy atom. The first-order chi connectivity index (χ1) is 8.48. The van der Waals surface area contributed by atoms with Crippen LogP contribution in [0.2, 0.25) is 0 Å². The summed E-state index contributed by atoms with van der Waals surface area (Å²) in [4.78, 5) is 2.08. The van der Waals surface area contributed by atoms with E-state index in [2.05, 4.69) is 10.2 Å². The first kappa shape index (κ1) is 16.3. The molecule has 1 aliphatic heterocycles. The maximum Gasteiger partial charge on any atom is 0.416 e. The van der Waals surface area contributed by atoms with Gasteiger partial charge in [-0.25, -0.2) is 0 Å². The molecule has 19 heavy (non-hydrogen) atoms. The largest absolute Gasteiger partial charge is 0.416 e. The standard InChI is InChI=1S/C13H17F3N2.ClH/c1-10-8-17-6-7-18(10)9-11-4-2-3-5-12(11)13(14,15)16;/h2-5,10,17H,6-9H2,1H3;1H. The Morgan fingerprint density at radius 3 is 2.63 bits per heavy atom. The van der Waals surface area contributed by atoms with E-state index < -0.39 is 11.7 Å². The second-order valence-corrected chi connectivity index (χ2v) is 4.68. The van der Waals surface area contributed by atoms with E-state index in [0.717, 1.165) is 25.7 Å². The molecular weight excluding hydrogens is 277 g/mol. The van der Waals surface area contributed by atoms with E-state index in [1.54, 1.807) is 12.1 Å². The summed E-state index contributed by atoms with van der Waals surface area (Å²) in [5, 5.41) is 3.23. The average molecular weight is 295 g/mol. The van der Waals surface area contributed by atoms with Crippen molar-refractivity contribution in [2.75, 3.05) is 19.6 Å². The van der Waals surface area contributed by atoms with Crippen molar-refractivity contribution in [3.05, 3.63) is 35.4 Å². The molecule has 0 bridgehead atoms. The van der Waals surface area contributed by atoms with Gasteiger partial charge < -0.3 is 5.32 Å². The van der Waals surface area contributed by atoms with Crippen molar-refractivity contribution in [2.24, 2.45) is 0 Å². The summed E-state index contributed by atoms with van der Waals surface area (Å²) in [5.41, 5.74) is -0.158. The number of alkyl halides is 3. The van der Waals surface area contributed by atoms with Gasteiger partial charge in [-0.15, -0.1) is 12.4 Å². The van der Waals surface area contributed by atoms with Crippen molar-refractivity contribution < 1.29 is 13.2 Å². The lowest BCUT2D eigenvalue weighted by Crippen LogP contribution is -2.49. The highest BCUT2D eigenvalue weighted by Gasteiger charge is 2.33. The second-order valence-electron chi connectivity index (χ2n) is 4.68. The number of halogens is 4. The predicted molar refractivity (Wildman–Crippen MR) is 71.4 cm³/mol. The third-order valence-electron chi connectivity index (χ3n) is 3.34. The zero-order valence-electron chi connectivity index (χ0n) is 10.7. The minimum atomic E-state index is -4.27. The van der Waals surface area contributed by atoms with Gasteiger partial charge in [0.2, 0.25) is 0 Å². The molecule has 1 aromatic rings. The summed E-state index contributed by atoms with van der Waals surface area (Å²) < 4.78 is 38.6. The Kier molecular flexibility index (Phi) is 5.64. The minimum absolute atomic E-state index is 0. The molecule has 1 aliphatic rings. The second kappa shape index (κ2) is 6.59. The van der Waals surface area contributed by atoms with Gasteiger partial charge in [-0.3, -0.25) is 4.90 Å². The molecule has 2 nitrogen and oxygen atoms in total. The van der Waals surface area contributed by atoms with Crippen molar-refractivity contribution in [3.63, 3.8) is 0 Å². The van der Waals surface area contributed by atoms with Crippen LogP contribution in [0.15, 0.2) is 24.3 Å². The third kappa shape index (κ3) is 4.09. The van der Waals surface area contributed by atoms with Gasteiger partial charge in [0, 0.05) is 32.2 Å². The Bertz CT molecular complexity index is 409. The molecule has 1 aromatic carbocycles. The smallest absolute Gasteiger partial charge is 0.314 e. The molecule has 1 heterocycles. The topological polar surface area (TPSA) is 15.3 Å². The molecule has 0 radical (unpaired) electrons. The van der Waals surface area contributed by atoms with Gasteiger partial charge in [-0.1, -0.05) is 18.2 Å². The molecule has 0 spiro atoms. The molecule has 0 amide bonds. The quantitative estimate of drug-likeness (QED) is 0.902. The van der Waals surface area contributed by atoms with E-state index in [0.29, 0.717) is 12.1 Å². The first-order valence-corrected chi connectivity index (χ1v) is 6.08. The summed E-state index contributed by atoms with van der Waals surface area (Å²) in [6.07, 6.45) is -4.27. The Hall–Kier alpha value is -0.780.